The monoisotopic (exact) mass is 275 g/mol. The molecule has 4 nitrogen and oxygen atoms in total. The third-order valence-electron chi connectivity index (χ3n) is 4.01. The zero-order chi connectivity index (χ0) is 14.5. The van der Waals surface area contributed by atoms with Crippen LogP contribution in [0.25, 0.3) is 0 Å². The number of carbonyl (C=O) groups excluding carboxylic acids is 2. The lowest BCUT2D eigenvalue weighted by molar-refractivity contribution is -0.110. The van der Waals surface area contributed by atoms with E-state index in [-0.39, 0.29) is 25.9 Å². The maximum absolute atomic E-state index is 13.6. The van der Waals surface area contributed by atoms with E-state index in [0.29, 0.717) is 6.29 Å². The number of amides is 1. The molecule has 6 heteroatoms. The Balaban J connectivity index is 1.94. The molecular weight excluding hydrogens is 256 g/mol. The number of ether oxygens (including phenoxy) is 1. The van der Waals surface area contributed by atoms with Gasteiger partial charge >= 0.3 is 6.09 Å². The van der Waals surface area contributed by atoms with E-state index >= 15 is 0 Å². The molecule has 1 spiro atoms. The highest BCUT2D eigenvalue weighted by Crippen LogP contribution is 2.69. The number of nitrogens with zero attached hydrogens (tertiary/aromatic N) is 1. The molecule has 1 saturated carbocycles. The summed E-state index contributed by atoms with van der Waals surface area (Å²) >= 11 is 0. The largest absolute Gasteiger partial charge is 0.444 e. The number of rotatable bonds is 1. The third kappa shape index (κ3) is 2.21. The molecule has 1 saturated heterocycles. The predicted molar refractivity (Wildman–Crippen MR) is 64.0 cm³/mol. The molecule has 1 atom stereocenters. The number of hydrogen-bond donors (Lipinski definition) is 0. The van der Waals surface area contributed by atoms with Gasteiger partial charge in [-0.3, -0.25) is 0 Å². The minimum atomic E-state index is -2.91. The van der Waals surface area contributed by atoms with E-state index in [0.717, 1.165) is 0 Å². The molecule has 19 heavy (non-hydrogen) atoms. The van der Waals surface area contributed by atoms with Crippen molar-refractivity contribution in [2.45, 2.75) is 45.1 Å². The molecular formula is C13H19F2NO3. The first-order valence-corrected chi connectivity index (χ1v) is 6.45. The fourth-order valence-corrected chi connectivity index (χ4v) is 2.81. The molecule has 1 heterocycles. The van der Waals surface area contributed by atoms with E-state index in [2.05, 4.69) is 0 Å². The van der Waals surface area contributed by atoms with E-state index in [4.69, 9.17) is 4.74 Å². The molecule has 0 aromatic carbocycles. The molecule has 0 aromatic heterocycles. The molecule has 2 rings (SSSR count). The quantitative estimate of drug-likeness (QED) is 0.691. The van der Waals surface area contributed by atoms with Gasteiger partial charge in [0.05, 0.1) is 11.3 Å². The molecule has 1 aliphatic carbocycles. The van der Waals surface area contributed by atoms with Gasteiger partial charge in [0.2, 0.25) is 0 Å². The summed E-state index contributed by atoms with van der Waals surface area (Å²) in [5.41, 5.74) is -1.81. The summed E-state index contributed by atoms with van der Waals surface area (Å²) in [7, 11) is 0. The Hall–Kier alpha value is -1.20. The number of halogens is 2. The molecule has 2 fully saturated rings. The van der Waals surface area contributed by atoms with Crippen molar-refractivity contribution < 1.29 is 23.1 Å². The molecule has 1 aliphatic heterocycles. The van der Waals surface area contributed by atoms with Crippen LogP contribution in [0.2, 0.25) is 0 Å². The van der Waals surface area contributed by atoms with Crippen LogP contribution in [0.5, 0.6) is 0 Å². The standard InChI is InChI=1S/C13H19F2NO3/c1-11(2,3)19-10(18)16-6-4-12(5-7-16)9(8-17)13(12,14)15/h8-9H,4-7H2,1-3H3. The summed E-state index contributed by atoms with van der Waals surface area (Å²) in [5.74, 6) is -4.09. The number of alkyl halides is 2. The van der Waals surface area contributed by atoms with Gasteiger partial charge in [0.15, 0.2) is 0 Å². The van der Waals surface area contributed by atoms with Crippen LogP contribution in [-0.4, -0.2) is 41.9 Å². The van der Waals surface area contributed by atoms with Gasteiger partial charge in [0.1, 0.15) is 11.9 Å². The van der Waals surface area contributed by atoms with Crippen LogP contribution in [-0.2, 0) is 9.53 Å². The van der Waals surface area contributed by atoms with Gasteiger partial charge in [-0.05, 0) is 33.6 Å². The predicted octanol–water partition coefficient (Wildman–Crippen LogP) is 2.47. The molecule has 108 valence electrons. The maximum atomic E-state index is 13.6. The Bertz CT molecular complexity index is 395. The van der Waals surface area contributed by atoms with E-state index < -0.39 is 28.9 Å². The third-order valence-corrected chi connectivity index (χ3v) is 4.01. The number of aldehydes is 1. The number of piperidine rings is 1. The van der Waals surface area contributed by atoms with Crippen LogP contribution in [0.1, 0.15) is 33.6 Å². The van der Waals surface area contributed by atoms with Crippen LogP contribution >= 0.6 is 0 Å². The fraction of sp³-hybridized carbons (Fsp3) is 0.846. The highest BCUT2D eigenvalue weighted by Gasteiger charge is 2.80. The van der Waals surface area contributed by atoms with Crippen LogP contribution in [0.4, 0.5) is 13.6 Å². The Labute approximate surface area is 111 Å². The second-order valence-corrected chi connectivity index (χ2v) is 6.36. The number of carbonyl (C=O) groups is 2. The van der Waals surface area contributed by atoms with Gasteiger partial charge in [-0.2, -0.15) is 0 Å². The first-order chi connectivity index (χ1) is 8.64. The minimum absolute atomic E-state index is 0.155. The molecule has 2 aliphatic rings. The van der Waals surface area contributed by atoms with Gasteiger partial charge in [-0.25, -0.2) is 13.6 Å². The van der Waals surface area contributed by atoms with Gasteiger partial charge in [-0.15, -0.1) is 0 Å². The summed E-state index contributed by atoms with van der Waals surface area (Å²) in [6, 6.07) is 0. The highest BCUT2D eigenvalue weighted by molar-refractivity contribution is 5.69. The molecule has 0 bridgehead atoms. The Morgan fingerprint density at radius 3 is 2.21 bits per heavy atom. The molecule has 0 radical (unpaired) electrons. The van der Waals surface area contributed by atoms with Gasteiger partial charge in [-0.1, -0.05) is 0 Å². The van der Waals surface area contributed by atoms with Crippen molar-refractivity contribution in [2.24, 2.45) is 11.3 Å². The van der Waals surface area contributed by atoms with E-state index in [9.17, 15) is 18.4 Å². The Kier molecular flexibility index (Phi) is 3.10. The first-order valence-electron chi connectivity index (χ1n) is 6.45. The molecule has 0 N–H and O–H groups in total. The number of hydrogen-bond acceptors (Lipinski definition) is 3. The van der Waals surface area contributed by atoms with Gasteiger partial charge in [0, 0.05) is 13.1 Å². The van der Waals surface area contributed by atoms with Crippen LogP contribution < -0.4 is 0 Å². The van der Waals surface area contributed by atoms with Crippen LogP contribution in [0, 0.1) is 11.3 Å². The summed E-state index contributed by atoms with van der Waals surface area (Å²) in [4.78, 5) is 23.9. The maximum Gasteiger partial charge on any atom is 0.410 e. The van der Waals surface area contributed by atoms with E-state index in [1.165, 1.54) is 4.90 Å². The lowest BCUT2D eigenvalue weighted by atomic mass is 9.91. The normalized spacial score (nSPS) is 28.1. The zero-order valence-corrected chi connectivity index (χ0v) is 11.4. The molecule has 1 unspecified atom stereocenters. The first kappa shape index (κ1) is 14.2. The Morgan fingerprint density at radius 2 is 1.84 bits per heavy atom. The second kappa shape index (κ2) is 4.15. The summed E-state index contributed by atoms with van der Waals surface area (Å²) < 4.78 is 32.3. The summed E-state index contributed by atoms with van der Waals surface area (Å²) in [6.07, 6.45) is 0.183. The van der Waals surface area contributed by atoms with Crippen molar-refractivity contribution in [3.8, 4) is 0 Å². The van der Waals surface area contributed by atoms with Crippen molar-refractivity contribution in [1.29, 1.82) is 0 Å². The minimum Gasteiger partial charge on any atom is -0.444 e. The SMILES string of the molecule is CC(C)(C)OC(=O)N1CCC2(CC1)C(C=O)C2(F)F. The van der Waals surface area contributed by atoms with E-state index in [1.54, 1.807) is 20.8 Å². The molecule has 0 aromatic rings. The van der Waals surface area contributed by atoms with Crippen molar-refractivity contribution in [3.05, 3.63) is 0 Å². The average Bonchev–Trinajstić information content (AvgIpc) is 2.72. The lowest BCUT2D eigenvalue weighted by Crippen LogP contribution is -2.43. The van der Waals surface area contributed by atoms with Crippen LogP contribution in [0.3, 0.4) is 0 Å². The molecule has 1 amide bonds. The van der Waals surface area contributed by atoms with Crippen molar-refractivity contribution in [3.63, 3.8) is 0 Å². The fourth-order valence-electron chi connectivity index (χ4n) is 2.81. The zero-order valence-electron chi connectivity index (χ0n) is 11.4. The average molecular weight is 275 g/mol. The topological polar surface area (TPSA) is 46.6 Å². The van der Waals surface area contributed by atoms with Crippen molar-refractivity contribution in [2.75, 3.05) is 13.1 Å². The summed E-state index contributed by atoms with van der Waals surface area (Å²) in [5, 5.41) is 0. The van der Waals surface area contributed by atoms with Gasteiger partial charge < -0.3 is 14.4 Å². The number of likely N-dealkylation sites (tertiary alicyclic amines) is 1. The lowest BCUT2D eigenvalue weighted by Gasteiger charge is -2.33. The van der Waals surface area contributed by atoms with Gasteiger partial charge in [0.25, 0.3) is 5.92 Å². The van der Waals surface area contributed by atoms with Crippen LogP contribution in [0.15, 0.2) is 0 Å². The van der Waals surface area contributed by atoms with Crippen molar-refractivity contribution >= 4 is 12.4 Å². The Morgan fingerprint density at radius 1 is 1.32 bits per heavy atom. The van der Waals surface area contributed by atoms with Crippen molar-refractivity contribution in [1.82, 2.24) is 4.90 Å². The highest BCUT2D eigenvalue weighted by atomic mass is 19.3. The van der Waals surface area contributed by atoms with E-state index in [1.807, 2.05) is 0 Å². The smallest absolute Gasteiger partial charge is 0.410 e. The summed E-state index contributed by atoms with van der Waals surface area (Å²) in [6.45, 7) is 5.71. The second-order valence-electron chi connectivity index (χ2n) is 6.36.